The standard InChI is InChI=1S/C12H24N2O/c1-11(2,3)14-7-6-13-12(10-14)4-8-15-9-5-12/h13H,4-10H2,1-3H3. The number of hydrogen-bond acceptors (Lipinski definition) is 3. The Labute approximate surface area is 93.2 Å². The van der Waals surface area contributed by atoms with E-state index in [4.69, 9.17) is 4.74 Å². The Balaban J connectivity index is 2.02. The zero-order valence-electron chi connectivity index (χ0n) is 10.3. The lowest BCUT2D eigenvalue weighted by Crippen LogP contribution is -2.65. The first kappa shape index (κ1) is 11.4. The van der Waals surface area contributed by atoms with Gasteiger partial charge in [0, 0.05) is 43.9 Å². The second-order valence-electron chi connectivity index (χ2n) is 5.91. The van der Waals surface area contributed by atoms with Gasteiger partial charge in [-0.2, -0.15) is 0 Å². The number of nitrogens with one attached hydrogen (secondary N) is 1. The van der Waals surface area contributed by atoms with E-state index in [1.54, 1.807) is 0 Å². The highest BCUT2D eigenvalue weighted by Crippen LogP contribution is 2.27. The van der Waals surface area contributed by atoms with Crippen molar-refractivity contribution in [1.82, 2.24) is 10.2 Å². The van der Waals surface area contributed by atoms with Gasteiger partial charge in [0.05, 0.1) is 0 Å². The minimum absolute atomic E-state index is 0.299. The predicted octanol–water partition coefficient (Wildman–Crippen LogP) is 1.24. The molecule has 0 aromatic rings. The minimum atomic E-state index is 0.299. The van der Waals surface area contributed by atoms with Crippen LogP contribution < -0.4 is 5.32 Å². The van der Waals surface area contributed by atoms with Crippen LogP contribution in [0.2, 0.25) is 0 Å². The summed E-state index contributed by atoms with van der Waals surface area (Å²) < 4.78 is 5.46. The number of piperazine rings is 1. The van der Waals surface area contributed by atoms with Crippen molar-refractivity contribution in [2.45, 2.75) is 44.7 Å². The summed E-state index contributed by atoms with van der Waals surface area (Å²) in [6, 6.07) is 0. The van der Waals surface area contributed by atoms with E-state index in [0.29, 0.717) is 11.1 Å². The third kappa shape index (κ3) is 2.52. The third-order valence-corrected chi connectivity index (χ3v) is 3.77. The van der Waals surface area contributed by atoms with Gasteiger partial charge >= 0.3 is 0 Å². The van der Waals surface area contributed by atoms with Gasteiger partial charge in [0.1, 0.15) is 0 Å². The van der Waals surface area contributed by atoms with Crippen LogP contribution in [-0.2, 0) is 4.74 Å². The quantitative estimate of drug-likeness (QED) is 0.654. The number of rotatable bonds is 0. The second kappa shape index (κ2) is 4.04. The van der Waals surface area contributed by atoms with Gasteiger partial charge in [-0.25, -0.2) is 0 Å². The number of hydrogen-bond donors (Lipinski definition) is 1. The molecule has 2 rings (SSSR count). The molecular formula is C12H24N2O. The van der Waals surface area contributed by atoms with Crippen molar-refractivity contribution in [2.75, 3.05) is 32.8 Å². The van der Waals surface area contributed by atoms with E-state index in [9.17, 15) is 0 Å². The summed E-state index contributed by atoms with van der Waals surface area (Å²) in [5.74, 6) is 0. The molecule has 1 N–H and O–H groups in total. The van der Waals surface area contributed by atoms with Crippen molar-refractivity contribution in [3.8, 4) is 0 Å². The average Bonchev–Trinajstić information content (AvgIpc) is 2.18. The summed E-state index contributed by atoms with van der Waals surface area (Å²) in [6.45, 7) is 12.3. The van der Waals surface area contributed by atoms with E-state index in [0.717, 1.165) is 19.8 Å². The first-order valence-electron chi connectivity index (χ1n) is 6.10. The van der Waals surface area contributed by atoms with Gasteiger partial charge in [0.15, 0.2) is 0 Å². The summed E-state index contributed by atoms with van der Waals surface area (Å²) in [6.07, 6.45) is 2.33. The number of nitrogens with zero attached hydrogens (tertiary/aromatic N) is 1. The molecule has 1 spiro atoms. The fraction of sp³-hybridized carbons (Fsp3) is 1.00. The summed E-state index contributed by atoms with van der Waals surface area (Å²) >= 11 is 0. The smallest absolute Gasteiger partial charge is 0.0484 e. The number of ether oxygens (including phenoxy) is 1. The van der Waals surface area contributed by atoms with Crippen LogP contribution in [0.1, 0.15) is 33.6 Å². The van der Waals surface area contributed by atoms with Crippen molar-refractivity contribution in [3.63, 3.8) is 0 Å². The van der Waals surface area contributed by atoms with E-state index >= 15 is 0 Å². The molecule has 0 radical (unpaired) electrons. The van der Waals surface area contributed by atoms with Gasteiger partial charge in [-0.15, -0.1) is 0 Å². The van der Waals surface area contributed by atoms with Crippen LogP contribution in [0.3, 0.4) is 0 Å². The van der Waals surface area contributed by atoms with E-state index < -0.39 is 0 Å². The molecule has 3 heteroatoms. The highest BCUT2D eigenvalue weighted by molar-refractivity contribution is 4.98. The fourth-order valence-corrected chi connectivity index (χ4v) is 2.63. The fourth-order valence-electron chi connectivity index (χ4n) is 2.63. The zero-order chi connectivity index (χ0) is 10.9. The topological polar surface area (TPSA) is 24.5 Å². The van der Waals surface area contributed by atoms with Crippen molar-refractivity contribution in [3.05, 3.63) is 0 Å². The molecule has 2 heterocycles. The summed E-state index contributed by atoms with van der Waals surface area (Å²) in [7, 11) is 0. The average molecular weight is 212 g/mol. The Morgan fingerprint density at radius 3 is 2.47 bits per heavy atom. The van der Waals surface area contributed by atoms with Gasteiger partial charge in [-0.1, -0.05) is 0 Å². The minimum Gasteiger partial charge on any atom is -0.381 e. The van der Waals surface area contributed by atoms with Crippen LogP contribution in [0.4, 0.5) is 0 Å². The van der Waals surface area contributed by atoms with E-state index in [-0.39, 0.29) is 0 Å². The molecule has 0 atom stereocenters. The molecule has 0 saturated carbocycles. The Bertz CT molecular complexity index is 211. The molecule has 0 aromatic heterocycles. The molecule has 0 aromatic carbocycles. The van der Waals surface area contributed by atoms with Crippen LogP contribution in [0.25, 0.3) is 0 Å². The van der Waals surface area contributed by atoms with Crippen LogP contribution in [0.15, 0.2) is 0 Å². The largest absolute Gasteiger partial charge is 0.381 e. The van der Waals surface area contributed by atoms with E-state index in [1.807, 2.05) is 0 Å². The Kier molecular flexibility index (Phi) is 3.06. The van der Waals surface area contributed by atoms with Crippen LogP contribution in [0.5, 0.6) is 0 Å². The van der Waals surface area contributed by atoms with Crippen molar-refractivity contribution in [2.24, 2.45) is 0 Å². The molecular weight excluding hydrogens is 188 g/mol. The van der Waals surface area contributed by atoms with E-state index in [2.05, 4.69) is 31.0 Å². The lowest BCUT2D eigenvalue weighted by Gasteiger charge is -2.50. The van der Waals surface area contributed by atoms with Gasteiger partial charge < -0.3 is 10.1 Å². The van der Waals surface area contributed by atoms with Crippen LogP contribution >= 0.6 is 0 Å². The maximum absolute atomic E-state index is 5.46. The molecule has 0 aliphatic carbocycles. The monoisotopic (exact) mass is 212 g/mol. The molecule has 3 nitrogen and oxygen atoms in total. The first-order valence-corrected chi connectivity index (χ1v) is 6.10. The van der Waals surface area contributed by atoms with Crippen molar-refractivity contribution >= 4 is 0 Å². The van der Waals surface area contributed by atoms with E-state index in [1.165, 1.54) is 25.9 Å². The summed E-state index contributed by atoms with van der Waals surface area (Å²) in [4.78, 5) is 2.61. The van der Waals surface area contributed by atoms with Gasteiger partial charge in [0.25, 0.3) is 0 Å². The van der Waals surface area contributed by atoms with Gasteiger partial charge in [0.2, 0.25) is 0 Å². The van der Waals surface area contributed by atoms with Gasteiger partial charge in [-0.3, -0.25) is 4.90 Å². The highest BCUT2D eigenvalue weighted by atomic mass is 16.5. The normalized spacial score (nSPS) is 28.2. The van der Waals surface area contributed by atoms with Crippen molar-refractivity contribution in [1.29, 1.82) is 0 Å². The molecule has 15 heavy (non-hydrogen) atoms. The van der Waals surface area contributed by atoms with Crippen molar-refractivity contribution < 1.29 is 4.74 Å². The van der Waals surface area contributed by atoms with Gasteiger partial charge in [-0.05, 0) is 33.6 Å². The maximum atomic E-state index is 5.46. The SMILES string of the molecule is CC(C)(C)N1CCNC2(CCOCC2)C1. The summed E-state index contributed by atoms with van der Waals surface area (Å²) in [5.41, 5.74) is 0.636. The molecule has 0 amide bonds. The highest BCUT2D eigenvalue weighted by Gasteiger charge is 2.39. The molecule has 2 saturated heterocycles. The molecule has 2 fully saturated rings. The Hall–Kier alpha value is -0.120. The molecule has 2 aliphatic heterocycles. The third-order valence-electron chi connectivity index (χ3n) is 3.77. The molecule has 0 unspecified atom stereocenters. The maximum Gasteiger partial charge on any atom is 0.0484 e. The lowest BCUT2D eigenvalue weighted by atomic mass is 9.86. The van der Waals surface area contributed by atoms with Crippen LogP contribution in [0, 0.1) is 0 Å². The lowest BCUT2D eigenvalue weighted by molar-refractivity contribution is -0.0159. The molecule has 2 aliphatic rings. The Morgan fingerprint density at radius 1 is 1.20 bits per heavy atom. The summed E-state index contributed by atoms with van der Waals surface area (Å²) in [5, 5.41) is 3.71. The van der Waals surface area contributed by atoms with Crippen LogP contribution in [-0.4, -0.2) is 48.8 Å². The second-order valence-corrected chi connectivity index (χ2v) is 5.91. The predicted molar refractivity (Wildman–Crippen MR) is 62.1 cm³/mol. The molecule has 0 bridgehead atoms. The first-order chi connectivity index (χ1) is 7.02. The molecule has 88 valence electrons. The zero-order valence-corrected chi connectivity index (χ0v) is 10.3. The Morgan fingerprint density at radius 2 is 1.87 bits per heavy atom.